The fourth-order valence-corrected chi connectivity index (χ4v) is 1.08. The molecule has 1 aromatic heterocycles. The number of pyridine rings is 1. The first kappa shape index (κ1) is 9.51. The summed E-state index contributed by atoms with van der Waals surface area (Å²) in [6.07, 6.45) is 0. The highest BCUT2D eigenvalue weighted by atomic mass is 16.3. The molecule has 1 rings (SSSR count). The van der Waals surface area contributed by atoms with E-state index >= 15 is 0 Å². The average Bonchev–Trinajstić information content (AvgIpc) is 2.05. The van der Waals surface area contributed by atoms with Gasteiger partial charge in [0.25, 0.3) is 5.56 Å². The Hall–Kier alpha value is -1.58. The predicted octanol–water partition coefficient (Wildman–Crippen LogP) is 0.451. The number of carbonyl (C=O) groups excluding carboxylic acids is 1. The number of nitrogens with zero attached hydrogens (tertiary/aromatic N) is 1. The summed E-state index contributed by atoms with van der Waals surface area (Å²) >= 11 is 0. The van der Waals surface area contributed by atoms with E-state index in [-0.39, 0.29) is 23.6 Å². The molecular formula is C9H11NO3. The number of hydrogen-bond donors (Lipinski definition) is 1. The maximum atomic E-state index is 11.2. The Balaban J connectivity index is 3.25. The number of hydrogen-bond acceptors (Lipinski definition) is 3. The third kappa shape index (κ3) is 1.96. The molecule has 0 aromatic carbocycles. The molecule has 1 aromatic rings. The lowest BCUT2D eigenvalue weighted by Gasteiger charge is -2.07. The van der Waals surface area contributed by atoms with Gasteiger partial charge in [-0.1, -0.05) is 0 Å². The zero-order valence-corrected chi connectivity index (χ0v) is 7.57. The number of aromatic nitrogens is 1. The zero-order valence-electron chi connectivity index (χ0n) is 7.57. The van der Waals surface area contributed by atoms with Crippen LogP contribution in [-0.4, -0.2) is 15.5 Å². The first-order valence-electron chi connectivity index (χ1n) is 3.91. The molecule has 0 amide bonds. The summed E-state index contributed by atoms with van der Waals surface area (Å²) in [6.45, 7) is 3.01. The molecule has 0 aliphatic carbocycles. The molecule has 0 saturated heterocycles. The van der Waals surface area contributed by atoms with Crippen molar-refractivity contribution in [3.05, 3.63) is 28.2 Å². The summed E-state index contributed by atoms with van der Waals surface area (Å²) in [7, 11) is 0. The van der Waals surface area contributed by atoms with Crippen LogP contribution in [0.1, 0.15) is 12.6 Å². The van der Waals surface area contributed by atoms with Crippen molar-refractivity contribution < 1.29 is 9.90 Å². The van der Waals surface area contributed by atoms with Gasteiger partial charge >= 0.3 is 0 Å². The van der Waals surface area contributed by atoms with Gasteiger partial charge in [0, 0.05) is 6.07 Å². The molecule has 0 aliphatic heterocycles. The number of aromatic hydroxyl groups is 1. The molecule has 0 aliphatic rings. The Morgan fingerprint density at radius 3 is 2.69 bits per heavy atom. The molecule has 0 radical (unpaired) electrons. The lowest BCUT2D eigenvalue weighted by Crippen LogP contribution is -2.24. The monoisotopic (exact) mass is 181 g/mol. The van der Waals surface area contributed by atoms with Gasteiger partial charge in [-0.15, -0.1) is 0 Å². The van der Waals surface area contributed by atoms with Gasteiger partial charge in [-0.05, 0) is 19.9 Å². The zero-order chi connectivity index (χ0) is 10.0. The lowest BCUT2D eigenvalue weighted by molar-refractivity contribution is -0.117. The van der Waals surface area contributed by atoms with Crippen molar-refractivity contribution in [2.45, 2.75) is 20.4 Å². The van der Waals surface area contributed by atoms with Gasteiger partial charge in [-0.3, -0.25) is 9.59 Å². The van der Waals surface area contributed by atoms with E-state index in [9.17, 15) is 14.7 Å². The summed E-state index contributed by atoms with van der Waals surface area (Å²) in [5.74, 6) is -0.0864. The van der Waals surface area contributed by atoms with Crippen molar-refractivity contribution in [1.82, 2.24) is 4.57 Å². The summed E-state index contributed by atoms with van der Waals surface area (Å²) in [6, 6.07) is 2.57. The topological polar surface area (TPSA) is 59.3 Å². The van der Waals surface area contributed by atoms with E-state index in [1.165, 1.54) is 23.6 Å². The van der Waals surface area contributed by atoms with Gasteiger partial charge in [-0.2, -0.15) is 0 Å². The summed E-state index contributed by atoms with van der Waals surface area (Å²) in [4.78, 5) is 22.0. The molecule has 13 heavy (non-hydrogen) atoms. The fraction of sp³-hybridized carbons (Fsp3) is 0.333. The van der Waals surface area contributed by atoms with Crippen molar-refractivity contribution in [3.63, 3.8) is 0 Å². The molecule has 0 unspecified atom stereocenters. The number of ketones is 1. The van der Waals surface area contributed by atoms with Crippen LogP contribution < -0.4 is 5.56 Å². The van der Waals surface area contributed by atoms with Crippen molar-refractivity contribution in [1.29, 1.82) is 0 Å². The van der Waals surface area contributed by atoms with Gasteiger partial charge in [0.2, 0.25) is 0 Å². The quantitative estimate of drug-likeness (QED) is 0.720. The van der Waals surface area contributed by atoms with E-state index in [0.717, 1.165) is 0 Å². The van der Waals surface area contributed by atoms with Crippen LogP contribution in [0, 0.1) is 6.92 Å². The molecule has 0 fully saturated rings. The van der Waals surface area contributed by atoms with Crippen LogP contribution >= 0.6 is 0 Å². The normalized spacial score (nSPS) is 10.0. The minimum Gasteiger partial charge on any atom is -0.506 e. The van der Waals surface area contributed by atoms with Crippen LogP contribution in [0.5, 0.6) is 5.75 Å². The molecule has 4 heteroatoms. The SMILES string of the molecule is CC(=O)Cn1c(C)c(O)ccc1=O. The molecule has 1 heterocycles. The highest BCUT2D eigenvalue weighted by molar-refractivity contribution is 5.75. The largest absolute Gasteiger partial charge is 0.506 e. The minimum absolute atomic E-state index is 0.0130. The molecule has 0 atom stereocenters. The van der Waals surface area contributed by atoms with Crippen LogP contribution in [0.15, 0.2) is 16.9 Å². The van der Waals surface area contributed by atoms with Crippen LogP contribution in [-0.2, 0) is 11.3 Å². The second-order valence-electron chi connectivity index (χ2n) is 2.93. The van der Waals surface area contributed by atoms with Gasteiger partial charge < -0.3 is 9.67 Å². The third-order valence-corrected chi connectivity index (χ3v) is 1.81. The highest BCUT2D eigenvalue weighted by Crippen LogP contribution is 2.11. The highest BCUT2D eigenvalue weighted by Gasteiger charge is 2.05. The van der Waals surface area contributed by atoms with Crippen molar-refractivity contribution in [2.24, 2.45) is 0 Å². The second-order valence-corrected chi connectivity index (χ2v) is 2.93. The summed E-state index contributed by atoms with van der Waals surface area (Å²) in [5.41, 5.74) is 0.146. The van der Waals surface area contributed by atoms with Gasteiger partial charge in [-0.25, -0.2) is 0 Å². The minimum atomic E-state index is -0.273. The molecule has 1 N–H and O–H groups in total. The average molecular weight is 181 g/mol. The molecule has 0 bridgehead atoms. The predicted molar refractivity (Wildman–Crippen MR) is 47.8 cm³/mol. The first-order chi connectivity index (χ1) is 6.02. The maximum absolute atomic E-state index is 11.2. The summed E-state index contributed by atoms with van der Waals surface area (Å²) < 4.78 is 1.25. The number of carbonyl (C=O) groups is 1. The molecule has 0 spiro atoms. The van der Waals surface area contributed by atoms with E-state index < -0.39 is 0 Å². The Kier molecular flexibility index (Phi) is 2.51. The van der Waals surface area contributed by atoms with Crippen LogP contribution in [0.4, 0.5) is 0 Å². The molecule has 0 saturated carbocycles. The van der Waals surface area contributed by atoms with Gasteiger partial charge in [0.05, 0.1) is 12.2 Å². The van der Waals surface area contributed by atoms with E-state index in [2.05, 4.69) is 0 Å². The van der Waals surface area contributed by atoms with Crippen LogP contribution in [0.25, 0.3) is 0 Å². The maximum Gasteiger partial charge on any atom is 0.251 e. The van der Waals surface area contributed by atoms with E-state index in [1.54, 1.807) is 6.92 Å². The number of rotatable bonds is 2. The van der Waals surface area contributed by atoms with E-state index in [0.29, 0.717) is 5.69 Å². The number of Topliss-reactive ketones (excluding diaryl/α,β-unsaturated/α-hetero) is 1. The van der Waals surface area contributed by atoms with E-state index in [4.69, 9.17) is 0 Å². The lowest BCUT2D eigenvalue weighted by atomic mass is 10.3. The Morgan fingerprint density at radius 1 is 1.54 bits per heavy atom. The fourth-order valence-electron chi connectivity index (χ4n) is 1.08. The Bertz CT molecular complexity index is 392. The summed E-state index contributed by atoms with van der Waals surface area (Å²) in [5, 5.41) is 9.27. The smallest absolute Gasteiger partial charge is 0.251 e. The third-order valence-electron chi connectivity index (χ3n) is 1.81. The van der Waals surface area contributed by atoms with Crippen LogP contribution in [0.3, 0.4) is 0 Å². The Labute approximate surface area is 75.4 Å². The first-order valence-corrected chi connectivity index (χ1v) is 3.91. The molecular weight excluding hydrogens is 170 g/mol. The van der Waals surface area contributed by atoms with Crippen molar-refractivity contribution >= 4 is 5.78 Å². The van der Waals surface area contributed by atoms with E-state index in [1.807, 2.05) is 0 Å². The van der Waals surface area contributed by atoms with Gasteiger partial charge in [0.15, 0.2) is 0 Å². The molecule has 70 valence electrons. The molecule has 4 nitrogen and oxygen atoms in total. The van der Waals surface area contributed by atoms with Crippen molar-refractivity contribution in [3.8, 4) is 5.75 Å². The standard InChI is InChI=1S/C9H11NO3/c1-6(11)5-10-7(2)8(12)3-4-9(10)13/h3-4,12H,5H2,1-2H3. The second kappa shape index (κ2) is 3.43. The Morgan fingerprint density at radius 2 is 2.15 bits per heavy atom. The van der Waals surface area contributed by atoms with Gasteiger partial charge in [0.1, 0.15) is 11.5 Å². The van der Waals surface area contributed by atoms with Crippen molar-refractivity contribution in [2.75, 3.05) is 0 Å². The van der Waals surface area contributed by atoms with Crippen LogP contribution in [0.2, 0.25) is 0 Å².